The molecular formula is C29H43F3O2. The Morgan fingerprint density at radius 2 is 1.76 bits per heavy atom. The van der Waals surface area contributed by atoms with Gasteiger partial charge < -0.3 is 9.47 Å². The van der Waals surface area contributed by atoms with Crippen molar-refractivity contribution in [3.63, 3.8) is 0 Å². The van der Waals surface area contributed by atoms with Crippen molar-refractivity contribution in [1.82, 2.24) is 0 Å². The normalized spacial score (nSPS) is 32.6. The Kier molecular flexibility index (Phi) is 9.23. The van der Waals surface area contributed by atoms with Crippen LogP contribution in [-0.2, 0) is 4.74 Å². The summed E-state index contributed by atoms with van der Waals surface area (Å²) >= 11 is 0. The van der Waals surface area contributed by atoms with Crippen LogP contribution in [-0.4, -0.2) is 19.3 Å². The quantitative estimate of drug-likeness (QED) is 0.370. The molecule has 1 heterocycles. The summed E-state index contributed by atoms with van der Waals surface area (Å²) in [6, 6.07) is 3.25. The molecule has 4 atom stereocenters. The number of benzene rings is 1. The van der Waals surface area contributed by atoms with Crippen LogP contribution in [0, 0.1) is 29.5 Å². The maximum absolute atomic E-state index is 15.4. The van der Waals surface area contributed by atoms with E-state index in [1.54, 1.807) is 19.1 Å². The van der Waals surface area contributed by atoms with E-state index in [1.165, 1.54) is 44.9 Å². The monoisotopic (exact) mass is 480 g/mol. The van der Waals surface area contributed by atoms with Crippen LogP contribution in [0.15, 0.2) is 12.1 Å². The third-order valence-electron chi connectivity index (χ3n) is 8.97. The largest absolute Gasteiger partial charge is 0.493 e. The summed E-state index contributed by atoms with van der Waals surface area (Å²) in [6.45, 7) is 5.07. The third kappa shape index (κ3) is 5.77. The maximum atomic E-state index is 15.4. The molecule has 2 nitrogen and oxygen atoms in total. The van der Waals surface area contributed by atoms with Crippen LogP contribution in [0.3, 0.4) is 0 Å². The first-order valence-corrected chi connectivity index (χ1v) is 13.9. The smallest absolute Gasteiger partial charge is 0.270 e. The zero-order valence-corrected chi connectivity index (χ0v) is 21.0. The molecule has 5 heteroatoms. The third-order valence-corrected chi connectivity index (χ3v) is 8.97. The van der Waals surface area contributed by atoms with E-state index in [9.17, 15) is 8.78 Å². The Bertz CT molecular complexity index is 769. The molecule has 192 valence electrons. The number of alkyl halides is 2. The summed E-state index contributed by atoms with van der Waals surface area (Å²) in [4.78, 5) is 0. The van der Waals surface area contributed by atoms with Gasteiger partial charge in [0.15, 0.2) is 0 Å². The predicted octanol–water partition coefficient (Wildman–Crippen LogP) is 8.84. The average Bonchev–Trinajstić information content (AvgIpc) is 2.85. The average molecular weight is 481 g/mol. The standard InChI is InChI=1S/C29H43F3O2/c1-3-7-19-9-11-20(12-10-19)22-14-13-21(18-24(22)25-8-5-6-17-34-25)23-15-16-26(33-4-2)27(28(23)30)29(31)32/h15-16,19-22,24-25,29H,3-14,17-18H2,1-2H3. The number of hydrogen-bond donors (Lipinski definition) is 0. The fourth-order valence-corrected chi connectivity index (χ4v) is 7.33. The van der Waals surface area contributed by atoms with Gasteiger partial charge in [0.1, 0.15) is 11.6 Å². The lowest BCUT2D eigenvalue weighted by molar-refractivity contribution is -0.0655. The second-order valence-electron chi connectivity index (χ2n) is 10.9. The van der Waals surface area contributed by atoms with E-state index in [0.717, 1.165) is 50.5 Å². The molecule has 2 saturated carbocycles. The molecule has 4 rings (SSSR count). The van der Waals surface area contributed by atoms with Crippen molar-refractivity contribution in [3.8, 4) is 5.75 Å². The second-order valence-corrected chi connectivity index (χ2v) is 10.9. The van der Waals surface area contributed by atoms with Crippen molar-refractivity contribution in [2.45, 2.75) is 109 Å². The van der Waals surface area contributed by atoms with Crippen LogP contribution in [0.25, 0.3) is 0 Å². The summed E-state index contributed by atoms with van der Waals surface area (Å²) in [6.07, 6.45) is 11.4. The van der Waals surface area contributed by atoms with Crippen LogP contribution < -0.4 is 4.74 Å². The Labute approximate surface area is 204 Å². The summed E-state index contributed by atoms with van der Waals surface area (Å²) in [5.74, 6) is 1.81. The van der Waals surface area contributed by atoms with Gasteiger partial charge in [0.25, 0.3) is 6.43 Å². The van der Waals surface area contributed by atoms with Gasteiger partial charge in [-0.05, 0) is 99.5 Å². The van der Waals surface area contributed by atoms with Gasteiger partial charge in [0.2, 0.25) is 0 Å². The van der Waals surface area contributed by atoms with Crippen LogP contribution in [0.1, 0.15) is 114 Å². The molecule has 1 aromatic carbocycles. The van der Waals surface area contributed by atoms with Crippen molar-refractivity contribution >= 4 is 0 Å². The van der Waals surface area contributed by atoms with Crippen molar-refractivity contribution in [2.75, 3.05) is 13.2 Å². The molecule has 1 aromatic rings. The fraction of sp³-hybridized carbons (Fsp3) is 0.793. The Morgan fingerprint density at radius 3 is 2.41 bits per heavy atom. The molecule has 0 N–H and O–H groups in total. The zero-order valence-electron chi connectivity index (χ0n) is 21.0. The maximum Gasteiger partial charge on any atom is 0.270 e. The zero-order chi connectivity index (χ0) is 24.1. The minimum Gasteiger partial charge on any atom is -0.493 e. The van der Waals surface area contributed by atoms with E-state index >= 15 is 4.39 Å². The van der Waals surface area contributed by atoms with Crippen molar-refractivity contribution in [1.29, 1.82) is 0 Å². The molecule has 4 unspecified atom stereocenters. The van der Waals surface area contributed by atoms with Crippen LogP contribution in [0.5, 0.6) is 5.75 Å². The lowest BCUT2D eigenvalue weighted by Gasteiger charge is -2.46. The van der Waals surface area contributed by atoms with Gasteiger partial charge >= 0.3 is 0 Å². The summed E-state index contributed by atoms with van der Waals surface area (Å²) in [5, 5.41) is 0. The van der Waals surface area contributed by atoms with Gasteiger partial charge in [-0.15, -0.1) is 0 Å². The molecule has 0 amide bonds. The van der Waals surface area contributed by atoms with Crippen molar-refractivity contribution in [3.05, 3.63) is 29.1 Å². The van der Waals surface area contributed by atoms with E-state index in [-0.39, 0.29) is 24.4 Å². The molecule has 1 saturated heterocycles. The molecule has 34 heavy (non-hydrogen) atoms. The highest BCUT2D eigenvalue weighted by Crippen LogP contribution is 2.51. The first-order chi connectivity index (χ1) is 16.5. The summed E-state index contributed by atoms with van der Waals surface area (Å²) < 4.78 is 54.6. The highest BCUT2D eigenvalue weighted by atomic mass is 19.3. The molecule has 0 radical (unpaired) electrons. The van der Waals surface area contributed by atoms with E-state index in [2.05, 4.69) is 6.92 Å². The van der Waals surface area contributed by atoms with Gasteiger partial charge in [-0.25, -0.2) is 13.2 Å². The molecule has 0 bridgehead atoms. The second kappa shape index (κ2) is 12.1. The molecule has 0 spiro atoms. The summed E-state index contributed by atoms with van der Waals surface area (Å²) in [5.41, 5.74) is -0.120. The minimum absolute atomic E-state index is 0.0246. The minimum atomic E-state index is -2.88. The SMILES string of the molecule is CCCC1CCC(C2CCC(c3ccc(OCC)c(C(F)F)c3F)CC2C2CCCCO2)CC1. The van der Waals surface area contributed by atoms with Gasteiger partial charge in [0.05, 0.1) is 18.3 Å². The lowest BCUT2D eigenvalue weighted by atomic mass is 9.61. The van der Waals surface area contributed by atoms with Gasteiger partial charge in [-0.1, -0.05) is 38.7 Å². The Hall–Kier alpha value is -1.23. The molecule has 3 aliphatic rings. The fourth-order valence-electron chi connectivity index (χ4n) is 7.33. The predicted molar refractivity (Wildman–Crippen MR) is 130 cm³/mol. The van der Waals surface area contributed by atoms with E-state index in [0.29, 0.717) is 17.4 Å². The van der Waals surface area contributed by atoms with Crippen LogP contribution >= 0.6 is 0 Å². The van der Waals surface area contributed by atoms with Gasteiger partial charge in [-0.3, -0.25) is 0 Å². The first-order valence-electron chi connectivity index (χ1n) is 13.9. The topological polar surface area (TPSA) is 18.5 Å². The van der Waals surface area contributed by atoms with Gasteiger partial charge in [0, 0.05) is 6.61 Å². The lowest BCUT2D eigenvalue weighted by Crippen LogP contribution is -2.41. The molecule has 0 aromatic heterocycles. The molecule has 2 aliphatic carbocycles. The van der Waals surface area contributed by atoms with E-state index < -0.39 is 17.8 Å². The van der Waals surface area contributed by atoms with E-state index in [4.69, 9.17) is 9.47 Å². The summed E-state index contributed by atoms with van der Waals surface area (Å²) in [7, 11) is 0. The van der Waals surface area contributed by atoms with Crippen LogP contribution in [0.4, 0.5) is 13.2 Å². The molecule has 1 aliphatic heterocycles. The highest BCUT2D eigenvalue weighted by molar-refractivity contribution is 5.41. The number of hydrogen-bond acceptors (Lipinski definition) is 2. The number of halogens is 3. The Balaban J connectivity index is 1.54. The number of rotatable bonds is 8. The Morgan fingerprint density at radius 1 is 0.971 bits per heavy atom. The molecular weight excluding hydrogens is 437 g/mol. The van der Waals surface area contributed by atoms with Crippen LogP contribution in [0.2, 0.25) is 0 Å². The molecule has 3 fully saturated rings. The van der Waals surface area contributed by atoms with Crippen molar-refractivity contribution in [2.24, 2.45) is 23.7 Å². The van der Waals surface area contributed by atoms with Crippen molar-refractivity contribution < 1.29 is 22.6 Å². The van der Waals surface area contributed by atoms with E-state index in [1.807, 2.05) is 0 Å². The highest BCUT2D eigenvalue weighted by Gasteiger charge is 2.42. The number of ether oxygens (including phenoxy) is 2. The first kappa shape index (κ1) is 25.9. The van der Waals surface area contributed by atoms with Gasteiger partial charge in [-0.2, -0.15) is 0 Å².